The molecular formula is C17H18N2O6. The molecular weight excluding hydrogens is 328 g/mol. The highest BCUT2D eigenvalue weighted by Crippen LogP contribution is 2.35. The van der Waals surface area contributed by atoms with Crippen molar-refractivity contribution in [2.45, 2.75) is 6.92 Å². The van der Waals surface area contributed by atoms with Crippen molar-refractivity contribution in [2.24, 2.45) is 5.92 Å². The molecule has 1 N–H and O–H groups in total. The lowest BCUT2D eigenvalue weighted by molar-refractivity contribution is -0.141. The summed E-state index contributed by atoms with van der Waals surface area (Å²) in [6, 6.07) is 5.23. The lowest BCUT2D eigenvalue weighted by atomic mass is 10.1. The minimum Gasteiger partial charge on any atom is -0.486 e. The number of hydrogen-bond donors (Lipinski definition) is 1. The number of hydrogen-bond acceptors (Lipinski definition) is 6. The first-order chi connectivity index (χ1) is 12.0. The maximum Gasteiger partial charge on any atom is 0.308 e. The van der Waals surface area contributed by atoms with Gasteiger partial charge >= 0.3 is 5.97 Å². The number of carboxylic acid groups (broad SMARTS) is 1. The molecule has 0 saturated carbocycles. The standard InChI is InChI=1S/C17H18N2O6/c1-10(17(21)22)8-19(2)16(20)14-15(25-9-18-14)11-3-4-12-13(7-11)24-6-5-23-12/h3-4,7,9-10H,5-6,8H2,1-2H3,(H,21,22). The highest BCUT2D eigenvalue weighted by molar-refractivity contribution is 5.97. The fourth-order valence-electron chi connectivity index (χ4n) is 2.54. The second-order valence-electron chi connectivity index (χ2n) is 5.81. The van der Waals surface area contributed by atoms with E-state index in [1.165, 1.54) is 25.3 Å². The van der Waals surface area contributed by atoms with Gasteiger partial charge in [0.1, 0.15) is 13.2 Å². The van der Waals surface area contributed by atoms with Crippen LogP contribution in [0.25, 0.3) is 11.3 Å². The molecule has 1 aromatic heterocycles. The zero-order chi connectivity index (χ0) is 18.0. The summed E-state index contributed by atoms with van der Waals surface area (Å²) in [5.74, 6) is -0.546. The zero-order valence-corrected chi connectivity index (χ0v) is 13.9. The third-order valence-electron chi connectivity index (χ3n) is 3.89. The molecule has 1 unspecified atom stereocenters. The van der Waals surface area contributed by atoms with Crippen LogP contribution < -0.4 is 9.47 Å². The van der Waals surface area contributed by atoms with Crippen molar-refractivity contribution in [3.63, 3.8) is 0 Å². The van der Waals surface area contributed by atoms with E-state index in [0.29, 0.717) is 36.0 Å². The van der Waals surface area contributed by atoms with Crippen LogP contribution in [0, 0.1) is 5.92 Å². The Balaban J connectivity index is 1.85. The van der Waals surface area contributed by atoms with Gasteiger partial charge in [0.15, 0.2) is 29.3 Å². The molecule has 2 aromatic rings. The summed E-state index contributed by atoms with van der Waals surface area (Å²) in [6.45, 7) is 2.55. The van der Waals surface area contributed by atoms with Crippen molar-refractivity contribution in [2.75, 3.05) is 26.8 Å². The molecule has 0 radical (unpaired) electrons. The van der Waals surface area contributed by atoms with Crippen LogP contribution in [-0.2, 0) is 4.79 Å². The van der Waals surface area contributed by atoms with Gasteiger partial charge in [-0.05, 0) is 18.2 Å². The zero-order valence-electron chi connectivity index (χ0n) is 13.9. The summed E-state index contributed by atoms with van der Waals surface area (Å²) in [5, 5.41) is 8.99. The predicted octanol–water partition coefficient (Wildman–Crippen LogP) is 1.91. The summed E-state index contributed by atoms with van der Waals surface area (Å²) in [6.07, 6.45) is 1.19. The first-order valence-electron chi connectivity index (χ1n) is 7.79. The number of ether oxygens (including phenoxy) is 2. The highest BCUT2D eigenvalue weighted by atomic mass is 16.6. The van der Waals surface area contributed by atoms with E-state index < -0.39 is 17.8 Å². The summed E-state index contributed by atoms with van der Waals surface area (Å²) in [5.41, 5.74) is 0.751. The molecule has 0 fully saturated rings. The van der Waals surface area contributed by atoms with Crippen molar-refractivity contribution in [3.8, 4) is 22.8 Å². The van der Waals surface area contributed by atoms with Gasteiger partial charge in [-0.3, -0.25) is 9.59 Å². The van der Waals surface area contributed by atoms with E-state index in [9.17, 15) is 9.59 Å². The molecule has 8 nitrogen and oxygen atoms in total. The average molecular weight is 346 g/mol. The van der Waals surface area contributed by atoms with E-state index in [4.69, 9.17) is 19.0 Å². The Morgan fingerprint density at radius 3 is 2.72 bits per heavy atom. The smallest absolute Gasteiger partial charge is 0.308 e. The molecule has 132 valence electrons. The van der Waals surface area contributed by atoms with Crippen molar-refractivity contribution in [1.82, 2.24) is 9.88 Å². The Morgan fingerprint density at radius 2 is 2.00 bits per heavy atom. The number of fused-ring (bicyclic) bond motifs is 1. The van der Waals surface area contributed by atoms with Gasteiger partial charge < -0.3 is 23.9 Å². The van der Waals surface area contributed by atoms with E-state index in [2.05, 4.69) is 4.98 Å². The third-order valence-corrected chi connectivity index (χ3v) is 3.89. The Morgan fingerprint density at radius 1 is 1.28 bits per heavy atom. The summed E-state index contributed by atoms with van der Waals surface area (Å²) in [4.78, 5) is 28.9. The number of nitrogens with zero attached hydrogens (tertiary/aromatic N) is 2. The number of benzene rings is 1. The number of carboxylic acids is 1. The molecule has 8 heteroatoms. The largest absolute Gasteiger partial charge is 0.486 e. The second-order valence-corrected chi connectivity index (χ2v) is 5.81. The number of aliphatic carboxylic acids is 1. The Labute approximate surface area is 144 Å². The van der Waals surface area contributed by atoms with Crippen LogP contribution in [0.1, 0.15) is 17.4 Å². The molecule has 1 aliphatic rings. The highest BCUT2D eigenvalue weighted by Gasteiger charge is 2.25. The predicted molar refractivity (Wildman–Crippen MR) is 86.7 cm³/mol. The van der Waals surface area contributed by atoms with Gasteiger partial charge in [0, 0.05) is 19.2 Å². The lowest BCUT2D eigenvalue weighted by Crippen LogP contribution is -2.34. The van der Waals surface area contributed by atoms with Crippen LogP contribution >= 0.6 is 0 Å². The number of carbonyl (C=O) groups is 2. The van der Waals surface area contributed by atoms with Crippen LogP contribution in [0.15, 0.2) is 29.0 Å². The molecule has 0 aliphatic carbocycles. The molecule has 1 aliphatic heterocycles. The molecule has 3 rings (SSSR count). The van der Waals surface area contributed by atoms with Gasteiger partial charge in [-0.15, -0.1) is 0 Å². The second kappa shape index (κ2) is 6.84. The molecule has 25 heavy (non-hydrogen) atoms. The van der Waals surface area contributed by atoms with Gasteiger partial charge in [0.25, 0.3) is 5.91 Å². The monoisotopic (exact) mass is 346 g/mol. The van der Waals surface area contributed by atoms with E-state index in [-0.39, 0.29) is 12.2 Å². The molecule has 0 spiro atoms. The van der Waals surface area contributed by atoms with Crippen LogP contribution in [-0.4, -0.2) is 53.7 Å². The quantitative estimate of drug-likeness (QED) is 0.882. The van der Waals surface area contributed by atoms with Crippen LogP contribution in [0.3, 0.4) is 0 Å². The Kier molecular flexibility index (Phi) is 4.60. The summed E-state index contributed by atoms with van der Waals surface area (Å²) < 4.78 is 16.4. The lowest BCUT2D eigenvalue weighted by Gasteiger charge is -2.20. The number of amides is 1. The normalized spacial score (nSPS) is 14.0. The summed E-state index contributed by atoms with van der Waals surface area (Å²) in [7, 11) is 1.53. The number of carbonyl (C=O) groups excluding carboxylic acids is 1. The maximum atomic E-state index is 12.6. The van der Waals surface area contributed by atoms with Crippen LogP contribution in [0.2, 0.25) is 0 Å². The van der Waals surface area contributed by atoms with Crippen molar-refractivity contribution >= 4 is 11.9 Å². The minimum absolute atomic E-state index is 0.0710. The first kappa shape index (κ1) is 16.8. The average Bonchev–Trinajstić information content (AvgIpc) is 3.10. The van der Waals surface area contributed by atoms with Crippen molar-refractivity contribution < 1.29 is 28.6 Å². The Hall–Kier alpha value is -3.03. The molecule has 2 heterocycles. The molecule has 0 bridgehead atoms. The van der Waals surface area contributed by atoms with Gasteiger partial charge in [0.2, 0.25) is 0 Å². The van der Waals surface area contributed by atoms with Gasteiger partial charge in [-0.2, -0.15) is 0 Å². The Bertz CT molecular complexity index is 800. The third kappa shape index (κ3) is 3.42. The van der Waals surface area contributed by atoms with Crippen LogP contribution in [0.5, 0.6) is 11.5 Å². The SMILES string of the molecule is CC(CN(C)C(=O)c1ncoc1-c1ccc2c(c1)OCCO2)C(=O)O. The van der Waals surface area contributed by atoms with E-state index in [1.54, 1.807) is 18.2 Å². The van der Waals surface area contributed by atoms with E-state index in [1.807, 2.05) is 0 Å². The maximum absolute atomic E-state index is 12.6. The topological polar surface area (TPSA) is 102 Å². The molecule has 1 aromatic carbocycles. The molecule has 1 atom stereocenters. The number of oxazole rings is 1. The molecule has 0 saturated heterocycles. The first-order valence-corrected chi connectivity index (χ1v) is 7.79. The van der Waals surface area contributed by atoms with E-state index >= 15 is 0 Å². The van der Waals surface area contributed by atoms with Gasteiger partial charge in [0.05, 0.1) is 5.92 Å². The molecule has 1 amide bonds. The van der Waals surface area contributed by atoms with Gasteiger partial charge in [-0.1, -0.05) is 6.92 Å². The van der Waals surface area contributed by atoms with E-state index in [0.717, 1.165) is 0 Å². The fraction of sp³-hybridized carbons (Fsp3) is 0.353. The number of rotatable bonds is 5. The summed E-state index contributed by atoms with van der Waals surface area (Å²) >= 11 is 0. The van der Waals surface area contributed by atoms with Gasteiger partial charge in [-0.25, -0.2) is 4.98 Å². The minimum atomic E-state index is -0.966. The van der Waals surface area contributed by atoms with Crippen molar-refractivity contribution in [3.05, 3.63) is 30.3 Å². The van der Waals surface area contributed by atoms with Crippen molar-refractivity contribution in [1.29, 1.82) is 0 Å². The van der Waals surface area contributed by atoms with Crippen LogP contribution in [0.4, 0.5) is 0 Å². The number of aromatic nitrogens is 1. The fourth-order valence-corrected chi connectivity index (χ4v) is 2.54.